The third kappa shape index (κ3) is 7.89. The van der Waals surface area contributed by atoms with Gasteiger partial charge in [0, 0.05) is 68.6 Å². The number of nitrogens with zero attached hydrogens (tertiary/aromatic N) is 5. The van der Waals surface area contributed by atoms with Crippen LogP contribution in [0.3, 0.4) is 0 Å². The predicted molar refractivity (Wildman–Crippen MR) is 192 cm³/mol. The molecule has 2 fully saturated rings. The van der Waals surface area contributed by atoms with Gasteiger partial charge in [0.05, 0.1) is 41.0 Å². The molecule has 3 heterocycles. The van der Waals surface area contributed by atoms with Gasteiger partial charge in [-0.15, -0.1) is 0 Å². The highest BCUT2D eigenvalue weighted by Crippen LogP contribution is 2.42. The molecule has 4 unspecified atom stereocenters. The van der Waals surface area contributed by atoms with Crippen LogP contribution in [-0.2, 0) is 22.6 Å². The van der Waals surface area contributed by atoms with Crippen molar-refractivity contribution in [2.45, 2.75) is 38.6 Å². The number of hydrogen-bond acceptors (Lipinski definition) is 10. The minimum Gasteiger partial charge on any atom is -0.392 e. The van der Waals surface area contributed by atoms with Crippen LogP contribution in [0.25, 0.3) is 11.0 Å². The average Bonchev–Trinajstić information content (AvgIpc) is 3.18. The van der Waals surface area contributed by atoms with Gasteiger partial charge in [0.1, 0.15) is 5.69 Å². The lowest BCUT2D eigenvalue weighted by atomic mass is 9.90. The van der Waals surface area contributed by atoms with Crippen molar-refractivity contribution in [2.75, 3.05) is 37.6 Å². The first-order chi connectivity index (χ1) is 24.8. The van der Waals surface area contributed by atoms with Crippen molar-refractivity contribution >= 4 is 28.3 Å². The lowest BCUT2D eigenvalue weighted by molar-refractivity contribution is -0.384. The Morgan fingerprint density at radius 3 is 2.24 bits per heavy atom. The first-order valence-corrected chi connectivity index (χ1v) is 17.2. The van der Waals surface area contributed by atoms with Crippen molar-refractivity contribution in [1.82, 2.24) is 20.2 Å². The lowest BCUT2D eigenvalue weighted by Crippen LogP contribution is -2.51. The van der Waals surface area contributed by atoms with Crippen LogP contribution in [0.5, 0.6) is 0 Å². The molecule has 0 spiro atoms. The average molecular weight is 689 g/mol. The summed E-state index contributed by atoms with van der Waals surface area (Å²) in [7, 11) is 0. The number of anilines is 1. The van der Waals surface area contributed by atoms with Crippen LogP contribution < -0.4 is 10.2 Å². The van der Waals surface area contributed by atoms with E-state index in [9.17, 15) is 20.0 Å². The van der Waals surface area contributed by atoms with Gasteiger partial charge in [-0.3, -0.25) is 24.8 Å². The summed E-state index contributed by atoms with van der Waals surface area (Å²) in [5.41, 5.74) is 6.40. The van der Waals surface area contributed by atoms with Crippen molar-refractivity contribution in [1.29, 1.82) is 0 Å². The van der Waals surface area contributed by atoms with E-state index in [0.29, 0.717) is 12.1 Å². The van der Waals surface area contributed by atoms with E-state index >= 15 is 0 Å². The number of hydrogen-bond donors (Lipinski definition) is 2. The Kier molecular flexibility index (Phi) is 10.3. The number of amides is 1. The predicted octanol–water partition coefficient (Wildman–Crippen LogP) is 5.57. The summed E-state index contributed by atoms with van der Waals surface area (Å²) in [6, 6.07) is 29.9. The third-order valence-electron chi connectivity index (χ3n) is 9.75. The topological polar surface area (TPSA) is 143 Å². The minimum atomic E-state index is -0.605. The van der Waals surface area contributed by atoms with Crippen LogP contribution in [0.2, 0.25) is 0 Å². The molecule has 51 heavy (non-hydrogen) atoms. The summed E-state index contributed by atoms with van der Waals surface area (Å²) in [6.07, 6.45) is 0.526. The van der Waals surface area contributed by atoms with Gasteiger partial charge in [-0.05, 0) is 41.0 Å². The second-order valence-electron chi connectivity index (χ2n) is 13.1. The molecule has 0 aliphatic carbocycles. The van der Waals surface area contributed by atoms with Crippen LogP contribution in [-0.4, -0.2) is 69.6 Å². The van der Waals surface area contributed by atoms with Gasteiger partial charge in [-0.1, -0.05) is 67.6 Å². The second kappa shape index (κ2) is 15.3. The van der Waals surface area contributed by atoms with Crippen molar-refractivity contribution in [3.05, 3.63) is 141 Å². The van der Waals surface area contributed by atoms with Gasteiger partial charge in [0.2, 0.25) is 0 Å². The highest BCUT2D eigenvalue weighted by molar-refractivity contribution is 5.93. The number of fused-ring (bicyclic) bond motifs is 1. The summed E-state index contributed by atoms with van der Waals surface area (Å²) in [4.78, 5) is 37.0. The summed E-state index contributed by atoms with van der Waals surface area (Å²) in [6.45, 7) is 6.45. The number of rotatable bonds is 10. The number of aliphatic hydroxyl groups excluding tert-OH is 1. The Hall–Kier alpha value is -5.27. The number of benzene rings is 4. The fourth-order valence-electron chi connectivity index (χ4n) is 6.69. The molecule has 2 saturated heterocycles. The number of carbonyl (C=O) groups is 1. The zero-order valence-electron chi connectivity index (χ0n) is 28.3. The highest BCUT2D eigenvalue weighted by Gasteiger charge is 2.39. The summed E-state index contributed by atoms with van der Waals surface area (Å²) in [5, 5.41) is 23.6. The van der Waals surface area contributed by atoms with E-state index in [4.69, 9.17) is 9.47 Å². The fourth-order valence-corrected chi connectivity index (χ4v) is 6.69. The van der Waals surface area contributed by atoms with Gasteiger partial charge in [0.15, 0.2) is 6.29 Å². The molecule has 262 valence electrons. The van der Waals surface area contributed by atoms with Gasteiger partial charge >= 0.3 is 0 Å². The Balaban J connectivity index is 1.02. The maximum Gasteiger partial charge on any atom is 0.271 e. The third-order valence-corrected chi connectivity index (χ3v) is 9.75. The summed E-state index contributed by atoms with van der Waals surface area (Å²) < 4.78 is 13.3. The molecule has 2 aliphatic heterocycles. The van der Waals surface area contributed by atoms with Gasteiger partial charge in [-0.25, -0.2) is 4.98 Å². The number of piperazine rings is 1. The van der Waals surface area contributed by atoms with E-state index < -0.39 is 6.29 Å². The Bertz CT molecular complexity index is 1970. The van der Waals surface area contributed by atoms with Crippen molar-refractivity contribution in [2.24, 2.45) is 5.92 Å². The second-order valence-corrected chi connectivity index (χ2v) is 13.1. The molecule has 12 heteroatoms. The molecular weight excluding hydrogens is 648 g/mol. The monoisotopic (exact) mass is 688 g/mol. The number of aliphatic hydroxyl groups is 1. The van der Waals surface area contributed by atoms with Crippen LogP contribution >= 0.6 is 0 Å². The number of nitro groups is 1. The van der Waals surface area contributed by atoms with E-state index in [-0.39, 0.29) is 46.9 Å². The van der Waals surface area contributed by atoms with Gasteiger partial charge < -0.3 is 24.8 Å². The zero-order chi connectivity index (χ0) is 35.3. The SMILES string of the molecule is CC1C(CN2CCN(c3ccc([N+](=O)[O-])cc3)CC2)OC(c2ccc(CNC(=O)c3cnc4ccccc4n3)cc2)OC1c1ccc(CO)cc1. The molecule has 0 saturated carbocycles. The number of aromatic nitrogens is 2. The smallest absolute Gasteiger partial charge is 0.271 e. The first kappa shape index (κ1) is 34.2. The normalized spacial score (nSPS) is 21.0. The van der Waals surface area contributed by atoms with Gasteiger partial charge in [0.25, 0.3) is 11.6 Å². The molecule has 1 aromatic heterocycles. The van der Waals surface area contributed by atoms with Crippen molar-refractivity contribution in [3.63, 3.8) is 0 Å². The molecule has 4 atom stereocenters. The van der Waals surface area contributed by atoms with E-state index in [1.165, 1.54) is 6.20 Å². The maximum atomic E-state index is 12.8. The highest BCUT2D eigenvalue weighted by atomic mass is 16.7. The number of ether oxygens (including phenoxy) is 2. The number of nitrogens with one attached hydrogen (secondary N) is 1. The molecule has 7 rings (SSSR count). The van der Waals surface area contributed by atoms with E-state index in [2.05, 4.69) is 32.0 Å². The van der Waals surface area contributed by atoms with Crippen LogP contribution in [0.4, 0.5) is 11.4 Å². The Labute approximate surface area is 295 Å². The maximum absolute atomic E-state index is 12.8. The molecule has 1 amide bonds. The lowest BCUT2D eigenvalue weighted by Gasteiger charge is -2.44. The van der Waals surface area contributed by atoms with Gasteiger partial charge in [-0.2, -0.15) is 0 Å². The zero-order valence-corrected chi connectivity index (χ0v) is 28.3. The van der Waals surface area contributed by atoms with E-state index in [1.807, 2.05) is 84.9 Å². The molecule has 5 aromatic rings. The fraction of sp³-hybridized carbons (Fsp3) is 0.308. The minimum absolute atomic E-state index is 0.0238. The Morgan fingerprint density at radius 2 is 1.55 bits per heavy atom. The molecule has 12 nitrogen and oxygen atoms in total. The van der Waals surface area contributed by atoms with Crippen molar-refractivity contribution < 1.29 is 24.3 Å². The van der Waals surface area contributed by atoms with Crippen LogP contribution in [0.15, 0.2) is 103 Å². The summed E-state index contributed by atoms with van der Waals surface area (Å²) >= 11 is 0. The first-order valence-electron chi connectivity index (χ1n) is 17.2. The number of nitro benzene ring substituents is 1. The number of carbonyl (C=O) groups excluding carboxylic acids is 1. The molecule has 2 aliphatic rings. The molecule has 0 radical (unpaired) electrons. The number of non-ortho nitro benzene ring substituents is 1. The van der Waals surface area contributed by atoms with E-state index in [0.717, 1.165) is 66.2 Å². The molecule has 2 N–H and O–H groups in total. The largest absolute Gasteiger partial charge is 0.392 e. The van der Waals surface area contributed by atoms with Crippen LogP contribution in [0.1, 0.15) is 52.1 Å². The van der Waals surface area contributed by atoms with Crippen LogP contribution in [0, 0.1) is 16.0 Å². The number of para-hydroxylation sites is 2. The van der Waals surface area contributed by atoms with E-state index in [1.54, 1.807) is 12.1 Å². The van der Waals surface area contributed by atoms with Crippen molar-refractivity contribution in [3.8, 4) is 0 Å². The quantitative estimate of drug-likeness (QED) is 0.141. The Morgan fingerprint density at radius 1 is 0.882 bits per heavy atom. The summed E-state index contributed by atoms with van der Waals surface area (Å²) in [5.74, 6) is -0.252. The molecule has 0 bridgehead atoms. The molecular formula is C39H40N6O6. The molecule has 4 aromatic carbocycles. The standard InChI is InChI=1S/C39H40N6O6/c1-26-36(24-43-18-20-44(21-19-43)31-14-16-32(17-15-31)45(48)49)50-39(51-37(26)29-10-8-28(25-46)9-11-29)30-12-6-27(7-13-30)22-41-38(47)35-23-40-33-4-2-3-5-34(33)42-35/h2-17,23,26,36-37,39,46H,18-22,24-25H2,1H3,(H,41,47).